The minimum atomic E-state index is -3.06. The van der Waals surface area contributed by atoms with Crippen LogP contribution in [0.15, 0.2) is 0 Å². The Labute approximate surface area is 116 Å². The Morgan fingerprint density at radius 3 is 1.90 bits per heavy atom. The molecule has 0 spiro atoms. The minimum Gasteiger partial charge on any atom is -0.479 e. The first-order valence-corrected chi connectivity index (χ1v) is 5.83. The molecular weight excluding hydrogens is 270 g/mol. The zero-order valence-corrected chi connectivity index (χ0v) is 12.2. The van der Waals surface area contributed by atoms with E-state index in [1.807, 2.05) is 0 Å². The summed E-state index contributed by atoms with van der Waals surface area (Å²) in [4.78, 5) is 34.4. The highest BCUT2D eigenvalue weighted by Gasteiger charge is 2.59. The van der Waals surface area contributed by atoms with Crippen LogP contribution in [0.25, 0.3) is 0 Å². The summed E-state index contributed by atoms with van der Waals surface area (Å²) in [5.41, 5.74) is -0.306. The van der Waals surface area contributed by atoms with Gasteiger partial charge in [-0.05, 0) is 27.7 Å². The molecule has 0 radical (unpaired) electrons. The number of carbonyl (C=O) groups is 3. The van der Waals surface area contributed by atoms with Crippen molar-refractivity contribution in [2.75, 3.05) is 7.11 Å². The van der Waals surface area contributed by atoms with Crippen LogP contribution >= 0.6 is 0 Å². The van der Waals surface area contributed by atoms with E-state index in [9.17, 15) is 19.5 Å². The lowest BCUT2D eigenvalue weighted by atomic mass is 9.79. The van der Waals surface area contributed by atoms with Crippen molar-refractivity contribution in [1.82, 2.24) is 0 Å². The summed E-state index contributed by atoms with van der Waals surface area (Å²) in [6.45, 7) is 5.90. The van der Waals surface area contributed by atoms with Crippen LogP contribution in [0.4, 0.5) is 0 Å². The number of hydrogen-bond acceptors (Lipinski definition) is 7. The summed E-state index contributed by atoms with van der Waals surface area (Å²) >= 11 is 0. The Balaban J connectivity index is 5.32. The molecule has 116 valence electrons. The Morgan fingerprint density at radius 1 is 1.15 bits per heavy atom. The van der Waals surface area contributed by atoms with Crippen molar-refractivity contribution >= 4 is 17.9 Å². The van der Waals surface area contributed by atoms with Crippen molar-refractivity contribution in [3.05, 3.63) is 0 Å². The highest BCUT2D eigenvalue weighted by Crippen LogP contribution is 2.26. The largest absolute Gasteiger partial charge is 0.479 e. The number of carboxylic acids is 1. The smallest absolute Gasteiger partial charge is 0.351 e. The molecule has 0 aromatic rings. The second-order valence-corrected chi connectivity index (χ2v) is 5.69. The molecule has 0 fully saturated rings. The molecule has 0 saturated carbocycles. The van der Waals surface area contributed by atoms with Gasteiger partial charge in [-0.1, -0.05) is 0 Å². The fourth-order valence-corrected chi connectivity index (χ4v) is 1.52. The van der Waals surface area contributed by atoms with Crippen molar-refractivity contribution in [3.8, 4) is 0 Å². The number of carboxylic acid groups (broad SMARTS) is 1. The number of ether oxygens (including phenoxy) is 2. The second-order valence-electron chi connectivity index (χ2n) is 5.69. The zero-order valence-electron chi connectivity index (χ0n) is 12.2. The molecular formula is C12H21NO7. The highest BCUT2D eigenvalue weighted by atomic mass is 16.6. The lowest BCUT2D eigenvalue weighted by Crippen LogP contribution is -2.68. The zero-order chi connectivity index (χ0) is 16.4. The molecule has 4 N–H and O–H groups in total. The summed E-state index contributed by atoms with van der Waals surface area (Å²) < 4.78 is 9.23. The molecule has 0 aliphatic heterocycles. The number of hydrogen-bond donors (Lipinski definition) is 3. The molecule has 0 aliphatic rings. The van der Waals surface area contributed by atoms with E-state index in [0.29, 0.717) is 0 Å². The molecule has 8 heteroatoms. The van der Waals surface area contributed by atoms with E-state index in [-0.39, 0.29) is 0 Å². The van der Waals surface area contributed by atoms with Crippen molar-refractivity contribution in [2.45, 2.75) is 50.9 Å². The molecule has 0 rings (SSSR count). The summed E-state index contributed by atoms with van der Waals surface area (Å²) in [6.07, 6.45) is -0.678. The molecule has 0 bridgehead atoms. The molecule has 0 heterocycles. The summed E-state index contributed by atoms with van der Waals surface area (Å²) in [5, 5.41) is 19.1. The lowest BCUT2D eigenvalue weighted by Gasteiger charge is -2.36. The quantitative estimate of drug-likeness (QED) is 0.452. The van der Waals surface area contributed by atoms with Gasteiger partial charge in [0, 0.05) is 0 Å². The molecule has 0 aromatic carbocycles. The summed E-state index contributed by atoms with van der Waals surface area (Å²) in [5.74, 6) is -4.21. The maximum atomic E-state index is 11.7. The first-order chi connectivity index (χ1) is 8.78. The predicted molar refractivity (Wildman–Crippen MR) is 67.7 cm³/mol. The van der Waals surface area contributed by atoms with Crippen LogP contribution in [0.1, 0.15) is 34.1 Å². The summed E-state index contributed by atoms with van der Waals surface area (Å²) in [6, 6.07) is 0. The average molecular weight is 291 g/mol. The first kappa shape index (κ1) is 18.3. The summed E-state index contributed by atoms with van der Waals surface area (Å²) in [7, 11) is 0.903. The van der Waals surface area contributed by atoms with Crippen LogP contribution in [0.5, 0.6) is 0 Å². The fraction of sp³-hybridized carbons (Fsp3) is 0.750. The number of carbonyl (C=O) groups excluding carboxylic acids is 2. The number of rotatable bonds is 5. The standard InChI is InChI=1S/C12H21NO7/c1-10(2,3)20-7(14)6-11(4,13)12(18,8(15)16)9(17)19-5/h18H,6,13H2,1-5H3,(H,15,16). The number of aliphatic hydroxyl groups is 1. The molecule has 2 unspecified atom stereocenters. The van der Waals surface area contributed by atoms with Gasteiger partial charge >= 0.3 is 17.9 Å². The number of esters is 2. The maximum absolute atomic E-state index is 11.7. The number of nitrogens with two attached hydrogens (primary N) is 1. The van der Waals surface area contributed by atoms with Crippen LogP contribution in [-0.2, 0) is 23.9 Å². The van der Waals surface area contributed by atoms with Gasteiger partial charge in [-0.3, -0.25) is 4.79 Å². The van der Waals surface area contributed by atoms with E-state index in [1.165, 1.54) is 0 Å². The number of methoxy groups -OCH3 is 1. The third kappa shape index (κ3) is 3.91. The van der Waals surface area contributed by atoms with Crippen molar-refractivity contribution in [2.24, 2.45) is 5.73 Å². The molecule has 0 saturated heterocycles. The second kappa shape index (κ2) is 5.76. The van der Waals surface area contributed by atoms with Gasteiger partial charge in [0.25, 0.3) is 5.60 Å². The van der Waals surface area contributed by atoms with Gasteiger partial charge in [-0.25, -0.2) is 9.59 Å². The Kier molecular flexibility index (Phi) is 5.28. The average Bonchev–Trinajstić information content (AvgIpc) is 2.22. The van der Waals surface area contributed by atoms with Crippen LogP contribution in [0.3, 0.4) is 0 Å². The Morgan fingerprint density at radius 2 is 1.60 bits per heavy atom. The minimum absolute atomic E-state index is 0.678. The van der Waals surface area contributed by atoms with Gasteiger partial charge in [0.15, 0.2) is 0 Å². The maximum Gasteiger partial charge on any atom is 0.351 e. The number of aliphatic carboxylic acids is 1. The molecule has 0 amide bonds. The van der Waals surface area contributed by atoms with Crippen LogP contribution in [0, 0.1) is 0 Å². The van der Waals surface area contributed by atoms with Gasteiger partial charge in [-0.15, -0.1) is 0 Å². The van der Waals surface area contributed by atoms with Crippen molar-refractivity contribution < 1.29 is 34.1 Å². The monoisotopic (exact) mass is 291 g/mol. The van der Waals surface area contributed by atoms with Crippen molar-refractivity contribution in [1.29, 1.82) is 0 Å². The van der Waals surface area contributed by atoms with Crippen LogP contribution in [-0.4, -0.2) is 52.0 Å². The normalized spacial score (nSPS) is 17.6. The molecule has 0 aromatic heterocycles. The van der Waals surface area contributed by atoms with E-state index in [2.05, 4.69) is 4.74 Å². The first-order valence-electron chi connectivity index (χ1n) is 5.83. The van der Waals surface area contributed by atoms with Crippen LogP contribution in [0.2, 0.25) is 0 Å². The van der Waals surface area contributed by atoms with Crippen molar-refractivity contribution in [3.63, 3.8) is 0 Å². The van der Waals surface area contributed by atoms with Gasteiger partial charge in [-0.2, -0.15) is 0 Å². The third-order valence-corrected chi connectivity index (χ3v) is 2.55. The molecule has 2 atom stereocenters. The highest BCUT2D eigenvalue weighted by molar-refractivity contribution is 6.04. The van der Waals surface area contributed by atoms with Gasteiger partial charge in [0.05, 0.1) is 19.1 Å². The van der Waals surface area contributed by atoms with E-state index in [0.717, 1.165) is 14.0 Å². The van der Waals surface area contributed by atoms with Gasteiger partial charge in [0.1, 0.15) is 5.60 Å². The molecule has 8 nitrogen and oxygen atoms in total. The Hall–Kier alpha value is -1.67. The predicted octanol–water partition coefficient (Wildman–Crippen LogP) is -0.576. The third-order valence-electron chi connectivity index (χ3n) is 2.55. The molecule has 0 aliphatic carbocycles. The topological polar surface area (TPSA) is 136 Å². The van der Waals surface area contributed by atoms with E-state index in [1.54, 1.807) is 20.8 Å². The Bertz CT molecular complexity index is 411. The van der Waals surface area contributed by atoms with Gasteiger partial charge < -0.3 is 25.4 Å². The van der Waals surface area contributed by atoms with E-state index in [4.69, 9.17) is 15.6 Å². The van der Waals surface area contributed by atoms with Crippen LogP contribution < -0.4 is 5.73 Å². The molecule has 20 heavy (non-hydrogen) atoms. The lowest BCUT2D eigenvalue weighted by molar-refractivity contribution is -0.188. The van der Waals surface area contributed by atoms with Gasteiger partial charge in [0.2, 0.25) is 0 Å². The fourth-order valence-electron chi connectivity index (χ4n) is 1.52. The van der Waals surface area contributed by atoms with E-state index < -0.39 is 41.1 Å². The van der Waals surface area contributed by atoms with E-state index >= 15 is 0 Å². The SMILES string of the molecule is COC(=O)C(O)(C(=O)O)C(C)(N)CC(=O)OC(C)(C)C.